The fraction of sp³-hybridized carbons (Fsp3) is 0.552. The highest BCUT2D eigenvalue weighted by Gasteiger charge is 2.45. The lowest BCUT2D eigenvalue weighted by Gasteiger charge is -2.35. The van der Waals surface area contributed by atoms with Gasteiger partial charge in [-0.25, -0.2) is 9.59 Å². The minimum atomic E-state index is -4.55. The lowest BCUT2D eigenvalue weighted by atomic mass is 9.76. The molecular weight excluding hydrogens is 543 g/mol. The lowest BCUT2D eigenvalue weighted by Crippen LogP contribution is -2.54. The zero-order valence-corrected chi connectivity index (χ0v) is 24.1. The van der Waals surface area contributed by atoms with E-state index in [9.17, 15) is 32.7 Å². The number of carboxylic acid groups (broad SMARTS) is 1. The molecule has 0 radical (unpaired) electrons. The van der Waals surface area contributed by atoms with Gasteiger partial charge in [0.05, 0.1) is 22.9 Å². The Bertz CT molecular complexity index is 1300. The second-order valence-electron chi connectivity index (χ2n) is 12.5. The van der Waals surface area contributed by atoms with Crippen molar-refractivity contribution in [1.29, 1.82) is 0 Å². The first-order valence-corrected chi connectivity index (χ1v) is 13.2. The number of amides is 1. The zero-order chi connectivity index (χ0) is 30.9. The van der Waals surface area contributed by atoms with Crippen molar-refractivity contribution in [2.45, 2.75) is 85.2 Å². The average Bonchev–Trinajstić information content (AvgIpc) is 2.80. The van der Waals surface area contributed by atoms with E-state index in [2.05, 4.69) is 15.5 Å². The second kappa shape index (κ2) is 11.7. The van der Waals surface area contributed by atoms with Gasteiger partial charge in [0, 0.05) is 11.1 Å². The first-order valence-electron chi connectivity index (χ1n) is 13.2. The van der Waals surface area contributed by atoms with E-state index in [-0.39, 0.29) is 17.2 Å². The standard InChI is InChI=1S/C29H36F3N3O6/c1-15-11-20-18(14-19(34-35-20)16-9-8-10-17(13-16)29(30,31)32)21(12-15)40-25(38)23(22(24(36)37)27(2,3)4)33-26(39)41-28(5,6)7/h8-10,13-15,21-23H,11-12H2,1-7H3,(H,33,39)(H,36,37)/t15?,21?,22?,23-/m0/s1. The molecule has 1 amide bonds. The number of nitrogens with zero attached hydrogens (tertiary/aromatic N) is 2. The SMILES string of the molecule is CC1Cc2nnc(-c3cccc(C(F)(F)F)c3)cc2C(OC(=O)[C@@H](NC(=O)OC(C)(C)C)C(C(=O)O)C(C)(C)C)C1. The normalized spacial score (nSPS) is 19.0. The van der Waals surface area contributed by atoms with Gasteiger partial charge in [-0.3, -0.25) is 4.79 Å². The molecule has 0 bridgehead atoms. The summed E-state index contributed by atoms with van der Waals surface area (Å²) in [6, 6.07) is 4.60. The highest BCUT2D eigenvalue weighted by Crippen LogP contribution is 2.38. The van der Waals surface area contributed by atoms with E-state index in [1.54, 1.807) is 41.5 Å². The quantitative estimate of drug-likeness (QED) is 0.401. The van der Waals surface area contributed by atoms with Crippen molar-refractivity contribution in [2.75, 3.05) is 0 Å². The Kier molecular flexibility index (Phi) is 9.05. The average molecular weight is 580 g/mol. The Balaban J connectivity index is 1.99. The zero-order valence-electron chi connectivity index (χ0n) is 24.1. The van der Waals surface area contributed by atoms with Crippen LogP contribution in [0.4, 0.5) is 18.0 Å². The Morgan fingerprint density at radius 3 is 2.27 bits per heavy atom. The first kappa shape index (κ1) is 31.8. The van der Waals surface area contributed by atoms with Gasteiger partial charge in [0.15, 0.2) is 0 Å². The van der Waals surface area contributed by atoms with E-state index in [0.29, 0.717) is 24.1 Å². The van der Waals surface area contributed by atoms with E-state index in [0.717, 1.165) is 12.1 Å². The number of aliphatic carboxylic acids is 1. The molecule has 0 spiro atoms. The summed E-state index contributed by atoms with van der Waals surface area (Å²) in [5.41, 5.74) is -1.41. The maximum Gasteiger partial charge on any atom is 0.416 e. The predicted molar refractivity (Wildman–Crippen MR) is 143 cm³/mol. The van der Waals surface area contributed by atoms with E-state index in [1.165, 1.54) is 18.2 Å². The maximum absolute atomic E-state index is 13.6. The third kappa shape index (κ3) is 8.17. The van der Waals surface area contributed by atoms with Gasteiger partial charge in [-0.1, -0.05) is 39.8 Å². The van der Waals surface area contributed by atoms with Crippen molar-refractivity contribution in [3.63, 3.8) is 0 Å². The van der Waals surface area contributed by atoms with Crippen molar-refractivity contribution >= 4 is 18.0 Å². The Morgan fingerprint density at radius 1 is 1.05 bits per heavy atom. The summed E-state index contributed by atoms with van der Waals surface area (Å²) < 4.78 is 51.0. The topological polar surface area (TPSA) is 128 Å². The summed E-state index contributed by atoms with van der Waals surface area (Å²) in [5, 5.41) is 20.8. The Morgan fingerprint density at radius 2 is 1.71 bits per heavy atom. The molecule has 41 heavy (non-hydrogen) atoms. The molecule has 3 unspecified atom stereocenters. The predicted octanol–water partition coefficient (Wildman–Crippen LogP) is 5.97. The molecule has 3 rings (SSSR count). The van der Waals surface area contributed by atoms with E-state index in [1.807, 2.05) is 6.92 Å². The number of ether oxygens (including phenoxy) is 2. The molecule has 2 N–H and O–H groups in total. The van der Waals surface area contributed by atoms with Crippen LogP contribution >= 0.6 is 0 Å². The van der Waals surface area contributed by atoms with Crippen LogP contribution in [0.25, 0.3) is 11.3 Å². The number of esters is 1. The molecular formula is C29H36F3N3O6. The summed E-state index contributed by atoms with van der Waals surface area (Å²) in [5.74, 6) is -3.67. The number of aromatic nitrogens is 2. The van der Waals surface area contributed by atoms with Crippen molar-refractivity contribution in [3.05, 3.63) is 47.2 Å². The van der Waals surface area contributed by atoms with Crippen molar-refractivity contribution < 1.29 is 42.1 Å². The molecule has 0 saturated heterocycles. The molecule has 1 aliphatic rings. The number of carbonyl (C=O) groups excluding carboxylic acids is 2. The van der Waals surface area contributed by atoms with Gasteiger partial charge in [0.1, 0.15) is 17.7 Å². The van der Waals surface area contributed by atoms with Crippen LogP contribution in [0.5, 0.6) is 0 Å². The molecule has 1 aromatic carbocycles. The van der Waals surface area contributed by atoms with E-state index < -0.39 is 58.9 Å². The van der Waals surface area contributed by atoms with Crippen LogP contribution in [0.2, 0.25) is 0 Å². The van der Waals surface area contributed by atoms with Crippen molar-refractivity contribution in [1.82, 2.24) is 15.5 Å². The third-order valence-electron chi connectivity index (χ3n) is 6.61. The van der Waals surface area contributed by atoms with Crippen LogP contribution in [0, 0.1) is 17.3 Å². The number of alkyl carbamates (subject to hydrolysis) is 1. The van der Waals surface area contributed by atoms with Gasteiger partial charge in [-0.15, -0.1) is 0 Å². The van der Waals surface area contributed by atoms with Crippen molar-refractivity contribution in [3.8, 4) is 11.3 Å². The number of hydrogen-bond acceptors (Lipinski definition) is 7. The molecule has 1 heterocycles. The summed E-state index contributed by atoms with van der Waals surface area (Å²) in [6.07, 6.45) is -5.59. The molecule has 12 heteroatoms. The summed E-state index contributed by atoms with van der Waals surface area (Å²) in [4.78, 5) is 38.6. The highest BCUT2D eigenvalue weighted by molar-refractivity contribution is 5.88. The van der Waals surface area contributed by atoms with Crippen LogP contribution in [-0.2, 0) is 31.7 Å². The molecule has 4 atom stereocenters. The molecule has 0 fully saturated rings. The van der Waals surface area contributed by atoms with Gasteiger partial charge >= 0.3 is 24.2 Å². The minimum Gasteiger partial charge on any atom is -0.481 e. The van der Waals surface area contributed by atoms with Crippen LogP contribution < -0.4 is 5.32 Å². The number of benzene rings is 1. The largest absolute Gasteiger partial charge is 0.481 e. The molecule has 2 aromatic rings. The first-order chi connectivity index (χ1) is 18.8. The lowest BCUT2D eigenvalue weighted by molar-refractivity contribution is -0.163. The maximum atomic E-state index is 13.6. The number of halogens is 3. The Labute approximate surface area is 236 Å². The number of carboxylic acids is 1. The summed E-state index contributed by atoms with van der Waals surface area (Å²) in [7, 11) is 0. The Hall–Kier alpha value is -3.70. The number of carbonyl (C=O) groups is 3. The number of alkyl halides is 3. The van der Waals surface area contributed by atoms with Gasteiger partial charge in [-0.2, -0.15) is 23.4 Å². The number of fused-ring (bicyclic) bond motifs is 1. The fourth-order valence-electron chi connectivity index (χ4n) is 4.82. The minimum absolute atomic E-state index is 0.00385. The molecule has 224 valence electrons. The monoisotopic (exact) mass is 579 g/mol. The molecule has 0 saturated carbocycles. The summed E-state index contributed by atoms with van der Waals surface area (Å²) in [6.45, 7) is 11.7. The van der Waals surface area contributed by atoms with Gasteiger partial charge in [0.2, 0.25) is 0 Å². The smallest absolute Gasteiger partial charge is 0.416 e. The molecule has 1 aromatic heterocycles. The van der Waals surface area contributed by atoms with Crippen LogP contribution in [0.15, 0.2) is 30.3 Å². The number of rotatable bonds is 6. The van der Waals surface area contributed by atoms with Gasteiger partial charge in [-0.05, 0) is 63.1 Å². The van der Waals surface area contributed by atoms with Gasteiger partial charge < -0.3 is 19.9 Å². The fourth-order valence-corrected chi connectivity index (χ4v) is 4.82. The number of nitrogens with one attached hydrogen (secondary N) is 1. The van der Waals surface area contributed by atoms with E-state index in [4.69, 9.17) is 9.47 Å². The van der Waals surface area contributed by atoms with Crippen molar-refractivity contribution in [2.24, 2.45) is 17.3 Å². The summed E-state index contributed by atoms with van der Waals surface area (Å²) >= 11 is 0. The molecule has 1 aliphatic carbocycles. The van der Waals surface area contributed by atoms with Gasteiger partial charge in [0.25, 0.3) is 0 Å². The second-order valence-corrected chi connectivity index (χ2v) is 12.5. The van der Waals surface area contributed by atoms with E-state index >= 15 is 0 Å². The molecule has 9 nitrogen and oxygen atoms in total. The number of hydrogen-bond donors (Lipinski definition) is 2. The van der Waals surface area contributed by atoms with Crippen LogP contribution in [-0.4, -0.2) is 45.0 Å². The molecule has 0 aliphatic heterocycles. The van der Waals surface area contributed by atoms with Crippen LogP contribution in [0.1, 0.15) is 77.8 Å². The highest BCUT2D eigenvalue weighted by atomic mass is 19.4. The third-order valence-corrected chi connectivity index (χ3v) is 6.61. The van der Waals surface area contributed by atoms with Crippen LogP contribution in [0.3, 0.4) is 0 Å².